The van der Waals surface area contributed by atoms with Crippen molar-refractivity contribution < 1.29 is 17.6 Å². The Labute approximate surface area is 176 Å². The number of aromatic nitrogens is 2. The molecule has 2 heterocycles. The van der Waals surface area contributed by atoms with Gasteiger partial charge in [0, 0.05) is 35.8 Å². The molecule has 0 radical (unpaired) electrons. The number of halogens is 3. The van der Waals surface area contributed by atoms with Gasteiger partial charge in [-0.3, -0.25) is 9.48 Å². The van der Waals surface area contributed by atoms with Crippen LogP contribution in [0.2, 0.25) is 5.02 Å². The van der Waals surface area contributed by atoms with Crippen LogP contribution in [0.5, 0.6) is 0 Å². The Balaban J connectivity index is 1.65. The summed E-state index contributed by atoms with van der Waals surface area (Å²) in [5, 5.41) is 7.34. The maximum Gasteiger partial charge on any atom is 0.228 e. The third-order valence-electron chi connectivity index (χ3n) is 4.63. The monoisotopic (exact) mass is 492 g/mol. The van der Waals surface area contributed by atoms with Gasteiger partial charge in [-0.1, -0.05) is 17.7 Å². The second-order valence-electron chi connectivity index (χ2n) is 6.65. The van der Waals surface area contributed by atoms with Crippen molar-refractivity contribution in [3.05, 3.63) is 45.3 Å². The van der Waals surface area contributed by atoms with Crippen LogP contribution in [-0.4, -0.2) is 47.8 Å². The van der Waals surface area contributed by atoms with Crippen LogP contribution < -0.4 is 5.32 Å². The van der Waals surface area contributed by atoms with E-state index < -0.39 is 15.8 Å². The van der Waals surface area contributed by atoms with E-state index >= 15 is 0 Å². The zero-order valence-electron chi connectivity index (χ0n) is 15.0. The summed E-state index contributed by atoms with van der Waals surface area (Å²) < 4.78 is 40.5. The van der Waals surface area contributed by atoms with Gasteiger partial charge in [-0.2, -0.15) is 5.10 Å². The van der Waals surface area contributed by atoms with Gasteiger partial charge in [0.25, 0.3) is 0 Å². The molecule has 7 nitrogen and oxygen atoms in total. The zero-order chi connectivity index (χ0) is 20.5. The van der Waals surface area contributed by atoms with Crippen molar-refractivity contribution in [2.45, 2.75) is 19.4 Å². The number of piperidine rings is 1. The number of hydrogen-bond acceptors (Lipinski definition) is 4. The molecular formula is C17H19BrClFN4O3S. The fraction of sp³-hybridized carbons (Fsp3) is 0.412. The molecule has 1 fully saturated rings. The average Bonchev–Trinajstić information content (AvgIpc) is 2.97. The van der Waals surface area contributed by atoms with Gasteiger partial charge in [0.2, 0.25) is 15.9 Å². The lowest BCUT2D eigenvalue weighted by atomic mass is 9.97. The van der Waals surface area contributed by atoms with Crippen molar-refractivity contribution in [3.63, 3.8) is 0 Å². The Morgan fingerprint density at radius 3 is 2.68 bits per heavy atom. The number of sulfonamides is 1. The number of hydrogen-bond donors (Lipinski definition) is 1. The molecule has 0 atom stereocenters. The highest BCUT2D eigenvalue weighted by Crippen LogP contribution is 2.26. The summed E-state index contributed by atoms with van der Waals surface area (Å²) in [5.74, 6) is -0.621. The zero-order valence-corrected chi connectivity index (χ0v) is 18.2. The minimum absolute atomic E-state index is 0.118. The molecule has 1 amide bonds. The molecule has 28 heavy (non-hydrogen) atoms. The number of benzene rings is 1. The second kappa shape index (κ2) is 8.48. The highest BCUT2D eigenvalue weighted by atomic mass is 79.9. The molecule has 1 aromatic carbocycles. The SMILES string of the molecule is CS(=O)(=O)N1CCC(C(=O)Nc2nn(Cc3c(F)cccc3Cl)cc2Br)CC1. The summed E-state index contributed by atoms with van der Waals surface area (Å²) in [6.07, 6.45) is 3.69. The molecule has 0 unspecified atom stereocenters. The smallest absolute Gasteiger partial charge is 0.228 e. The number of nitrogens with zero attached hydrogens (tertiary/aromatic N) is 3. The van der Waals surface area contributed by atoms with E-state index in [0.29, 0.717) is 46.8 Å². The molecule has 1 aliphatic rings. The first-order valence-corrected chi connectivity index (χ1v) is 11.6. The number of carbonyl (C=O) groups is 1. The topological polar surface area (TPSA) is 84.3 Å². The first-order valence-electron chi connectivity index (χ1n) is 8.57. The highest BCUT2D eigenvalue weighted by molar-refractivity contribution is 9.10. The highest BCUT2D eigenvalue weighted by Gasteiger charge is 2.29. The average molecular weight is 494 g/mol. The first-order chi connectivity index (χ1) is 13.1. The molecule has 0 bridgehead atoms. The molecule has 2 aromatic rings. The Morgan fingerprint density at radius 2 is 2.07 bits per heavy atom. The molecule has 11 heteroatoms. The fourth-order valence-electron chi connectivity index (χ4n) is 3.08. The molecule has 1 N–H and O–H groups in total. The molecule has 0 spiro atoms. The molecule has 1 aliphatic heterocycles. The number of amides is 1. The van der Waals surface area contributed by atoms with Crippen molar-refractivity contribution in [1.29, 1.82) is 0 Å². The summed E-state index contributed by atoms with van der Waals surface area (Å²) in [7, 11) is -3.24. The summed E-state index contributed by atoms with van der Waals surface area (Å²) in [6.45, 7) is 0.753. The standard InChI is InChI=1S/C17H19BrClFN4O3S/c1-28(26,27)24-7-5-11(6-8-24)17(25)21-16-13(18)10-23(22-16)9-12-14(19)3-2-4-15(12)20/h2-4,10-11H,5-9H2,1H3,(H,21,22,25). The van der Waals surface area contributed by atoms with Crippen LogP contribution >= 0.6 is 27.5 Å². The predicted molar refractivity (Wildman–Crippen MR) is 108 cm³/mol. The van der Waals surface area contributed by atoms with Gasteiger partial charge < -0.3 is 5.32 Å². The van der Waals surface area contributed by atoms with E-state index in [2.05, 4.69) is 26.3 Å². The van der Waals surface area contributed by atoms with Gasteiger partial charge in [0.1, 0.15) is 5.82 Å². The Morgan fingerprint density at radius 1 is 1.39 bits per heavy atom. The van der Waals surface area contributed by atoms with E-state index in [1.54, 1.807) is 12.3 Å². The minimum atomic E-state index is -3.24. The van der Waals surface area contributed by atoms with Gasteiger partial charge in [-0.15, -0.1) is 0 Å². The maximum absolute atomic E-state index is 14.0. The van der Waals surface area contributed by atoms with Crippen LogP contribution in [0.3, 0.4) is 0 Å². The number of carbonyl (C=O) groups excluding carboxylic acids is 1. The van der Waals surface area contributed by atoms with Crippen LogP contribution in [0.15, 0.2) is 28.9 Å². The normalized spacial score (nSPS) is 16.3. The van der Waals surface area contributed by atoms with E-state index in [1.807, 2.05) is 0 Å². The summed E-state index contributed by atoms with van der Waals surface area (Å²) >= 11 is 9.39. The summed E-state index contributed by atoms with van der Waals surface area (Å²) in [5.41, 5.74) is 0.310. The van der Waals surface area contributed by atoms with Gasteiger partial charge in [-0.25, -0.2) is 17.1 Å². The van der Waals surface area contributed by atoms with Crippen molar-refractivity contribution in [1.82, 2.24) is 14.1 Å². The Hall–Kier alpha value is -1.49. The minimum Gasteiger partial charge on any atom is -0.308 e. The molecule has 1 saturated heterocycles. The van der Waals surface area contributed by atoms with Crippen molar-refractivity contribution in [2.75, 3.05) is 24.7 Å². The van der Waals surface area contributed by atoms with Gasteiger partial charge >= 0.3 is 0 Å². The van der Waals surface area contributed by atoms with Gasteiger partial charge in [0.05, 0.1) is 17.3 Å². The molecular weight excluding hydrogens is 475 g/mol. The van der Waals surface area contributed by atoms with Crippen LogP contribution in [0, 0.1) is 11.7 Å². The number of anilines is 1. The van der Waals surface area contributed by atoms with Crippen molar-refractivity contribution in [2.24, 2.45) is 5.92 Å². The van der Waals surface area contributed by atoms with E-state index in [1.165, 1.54) is 27.4 Å². The molecule has 0 saturated carbocycles. The fourth-order valence-corrected chi connectivity index (χ4v) is 4.59. The van der Waals surface area contributed by atoms with Crippen LogP contribution in [-0.2, 0) is 21.4 Å². The van der Waals surface area contributed by atoms with Gasteiger partial charge in [-0.05, 0) is 40.9 Å². The van der Waals surface area contributed by atoms with Crippen LogP contribution in [0.1, 0.15) is 18.4 Å². The lowest BCUT2D eigenvalue weighted by molar-refractivity contribution is -0.120. The number of rotatable bonds is 5. The van der Waals surface area contributed by atoms with Crippen molar-refractivity contribution in [3.8, 4) is 0 Å². The summed E-state index contributed by atoms with van der Waals surface area (Å²) in [4.78, 5) is 12.5. The Kier molecular flexibility index (Phi) is 6.43. The van der Waals surface area contributed by atoms with Crippen molar-refractivity contribution >= 4 is 49.3 Å². The second-order valence-corrected chi connectivity index (χ2v) is 9.89. The molecule has 3 rings (SSSR count). The third kappa shape index (κ3) is 4.91. The molecule has 152 valence electrons. The summed E-state index contributed by atoms with van der Waals surface area (Å²) in [6, 6.07) is 4.45. The Bertz CT molecular complexity index is 970. The van der Waals surface area contributed by atoms with E-state index in [-0.39, 0.29) is 18.4 Å². The van der Waals surface area contributed by atoms with Crippen LogP contribution in [0.25, 0.3) is 0 Å². The molecule has 0 aliphatic carbocycles. The number of nitrogens with one attached hydrogen (secondary N) is 1. The van der Waals surface area contributed by atoms with E-state index in [0.717, 1.165) is 0 Å². The van der Waals surface area contributed by atoms with E-state index in [4.69, 9.17) is 11.6 Å². The van der Waals surface area contributed by atoms with Gasteiger partial charge in [0.15, 0.2) is 5.82 Å². The van der Waals surface area contributed by atoms with Crippen LogP contribution in [0.4, 0.5) is 10.2 Å². The largest absolute Gasteiger partial charge is 0.308 e. The maximum atomic E-state index is 14.0. The predicted octanol–water partition coefficient (Wildman–Crippen LogP) is 3.10. The quantitative estimate of drug-likeness (QED) is 0.694. The molecule has 1 aromatic heterocycles. The van der Waals surface area contributed by atoms with E-state index in [9.17, 15) is 17.6 Å². The lowest BCUT2D eigenvalue weighted by Crippen LogP contribution is -2.40. The lowest BCUT2D eigenvalue weighted by Gasteiger charge is -2.29. The third-order valence-corrected chi connectivity index (χ3v) is 6.87. The first kappa shape index (κ1) is 21.2.